The number of halogens is 1. The van der Waals surface area contributed by atoms with Gasteiger partial charge in [0.15, 0.2) is 0 Å². The normalized spacial score (nSPS) is 16.1. The summed E-state index contributed by atoms with van der Waals surface area (Å²) in [6, 6.07) is 0. The Morgan fingerprint density at radius 1 is 1.46 bits per heavy atom. The fourth-order valence-electron chi connectivity index (χ4n) is 0.779. The molecular formula is C10H13IO2. The van der Waals surface area contributed by atoms with Crippen LogP contribution in [0, 0.1) is 0 Å². The highest BCUT2D eigenvalue weighted by atomic mass is 127. The zero-order valence-electron chi connectivity index (χ0n) is 8.00. The van der Waals surface area contributed by atoms with Crippen LogP contribution in [-0.2, 0) is 9.53 Å². The molecule has 0 saturated carbocycles. The Kier molecular flexibility index (Phi) is 3.41. The lowest BCUT2D eigenvalue weighted by Gasteiger charge is -2.19. The minimum Gasteiger partial charge on any atom is -0.456 e. The molecule has 0 saturated heterocycles. The van der Waals surface area contributed by atoms with Crippen LogP contribution in [-0.4, -0.2) is 15.6 Å². The van der Waals surface area contributed by atoms with Gasteiger partial charge in [0, 0.05) is 0 Å². The summed E-state index contributed by atoms with van der Waals surface area (Å²) in [6.45, 7) is 5.61. The van der Waals surface area contributed by atoms with Gasteiger partial charge in [-0.1, -0.05) is 20.7 Å². The third-order valence-electron chi connectivity index (χ3n) is 1.27. The third kappa shape index (κ3) is 3.85. The van der Waals surface area contributed by atoms with Crippen molar-refractivity contribution in [3.05, 3.63) is 21.8 Å². The number of esters is 1. The van der Waals surface area contributed by atoms with Gasteiger partial charge in [0.1, 0.15) is 5.60 Å². The zero-order chi connectivity index (χ0) is 9.90. The molecule has 0 N–H and O–H groups in total. The van der Waals surface area contributed by atoms with Crippen LogP contribution in [0.2, 0.25) is 0 Å². The summed E-state index contributed by atoms with van der Waals surface area (Å²) in [4.78, 5) is 11.5. The fraction of sp³-hybridized carbons (Fsp3) is 0.400. The van der Waals surface area contributed by atoms with E-state index in [1.165, 1.54) is 0 Å². The van der Waals surface area contributed by atoms with Crippen molar-refractivity contribution < 1.29 is 9.53 Å². The van der Waals surface area contributed by atoms with E-state index in [9.17, 15) is 4.79 Å². The molecule has 0 amide bonds. The molecular weight excluding hydrogens is 279 g/mol. The standard InChI is InChI=1S/C10H13IO2/c1-10(2,3)13-9(12)8-4-6-11-7-5-8/h4-7H,1-3H3. The summed E-state index contributed by atoms with van der Waals surface area (Å²) in [6.07, 6.45) is 3.70. The van der Waals surface area contributed by atoms with Crippen LogP contribution in [0.5, 0.6) is 0 Å². The summed E-state index contributed by atoms with van der Waals surface area (Å²) >= 11 is 0.0382. The number of ether oxygens (including phenoxy) is 1. The highest BCUT2D eigenvalue weighted by molar-refractivity contribution is 14.2. The van der Waals surface area contributed by atoms with Crippen molar-refractivity contribution in [2.45, 2.75) is 26.4 Å². The first-order valence-corrected chi connectivity index (χ1v) is 6.53. The first-order chi connectivity index (χ1) is 5.99. The molecule has 1 rings (SSSR count). The SMILES string of the molecule is CC(C)(C)OC(=O)C1=CC=IC=C1. The lowest BCUT2D eigenvalue weighted by Crippen LogP contribution is -2.24. The fourth-order valence-corrected chi connectivity index (χ4v) is 2.21. The number of hydrogen-bond donors (Lipinski definition) is 0. The van der Waals surface area contributed by atoms with Gasteiger partial charge in [-0.2, -0.15) is 0 Å². The number of hydrogen-bond acceptors (Lipinski definition) is 2. The van der Waals surface area contributed by atoms with Crippen molar-refractivity contribution in [3.8, 4) is 0 Å². The van der Waals surface area contributed by atoms with E-state index < -0.39 is 5.60 Å². The first kappa shape index (κ1) is 10.6. The molecule has 2 nitrogen and oxygen atoms in total. The molecule has 3 heteroatoms. The van der Waals surface area contributed by atoms with Crippen molar-refractivity contribution in [1.29, 1.82) is 0 Å². The number of carbonyl (C=O) groups excluding carboxylic acids is 1. The van der Waals surface area contributed by atoms with Crippen molar-refractivity contribution in [1.82, 2.24) is 0 Å². The maximum atomic E-state index is 11.5. The molecule has 0 bridgehead atoms. The zero-order valence-corrected chi connectivity index (χ0v) is 10.2. The highest BCUT2D eigenvalue weighted by Gasteiger charge is 2.18. The maximum Gasteiger partial charge on any atom is 0.338 e. The molecule has 0 aliphatic carbocycles. The molecule has 0 unspecified atom stereocenters. The molecule has 72 valence electrons. The van der Waals surface area contributed by atoms with Crippen molar-refractivity contribution in [2.24, 2.45) is 0 Å². The first-order valence-electron chi connectivity index (χ1n) is 4.04. The van der Waals surface area contributed by atoms with Gasteiger partial charge in [0.05, 0.1) is 5.57 Å². The molecule has 0 aromatic rings. The molecule has 0 atom stereocenters. The van der Waals surface area contributed by atoms with Crippen LogP contribution >= 0.6 is 20.7 Å². The van der Waals surface area contributed by atoms with E-state index in [-0.39, 0.29) is 26.7 Å². The molecule has 0 aromatic heterocycles. The summed E-state index contributed by atoms with van der Waals surface area (Å²) in [5.74, 6) is -0.233. The summed E-state index contributed by atoms with van der Waals surface area (Å²) in [7, 11) is 0. The van der Waals surface area contributed by atoms with Gasteiger partial charge in [0.25, 0.3) is 0 Å². The Hall–Kier alpha value is -0.450. The molecule has 0 fully saturated rings. The predicted octanol–water partition coefficient (Wildman–Crippen LogP) is 2.55. The third-order valence-corrected chi connectivity index (χ3v) is 2.81. The smallest absolute Gasteiger partial charge is 0.338 e. The number of rotatable bonds is 1. The maximum absolute atomic E-state index is 11.5. The summed E-state index contributed by atoms with van der Waals surface area (Å²) in [5.41, 5.74) is 0.249. The lowest BCUT2D eigenvalue weighted by molar-refractivity contribution is -0.149. The number of allylic oxidation sites excluding steroid dienone is 1. The Morgan fingerprint density at radius 3 is 2.62 bits per heavy atom. The summed E-state index contributed by atoms with van der Waals surface area (Å²) < 4.78 is 9.32. The van der Waals surface area contributed by atoms with E-state index >= 15 is 0 Å². The van der Waals surface area contributed by atoms with E-state index in [2.05, 4.69) is 8.09 Å². The van der Waals surface area contributed by atoms with E-state index in [0.717, 1.165) is 0 Å². The van der Waals surface area contributed by atoms with Crippen LogP contribution in [0.3, 0.4) is 0 Å². The Bertz CT molecular complexity index is 293. The quantitative estimate of drug-likeness (QED) is 0.548. The van der Waals surface area contributed by atoms with Crippen molar-refractivity contribution >= 4 is 30.7 Å². The van der Waals surface area contributed by atoms with Crippen LogP contribution in [0.15, 0.2) is 21.8 Å². The number of carbonyl (C=O) groups is 1. The van der Waals surface area contributed by atoms with Crippen LogP contribution in [0.25, 0.3) is 0 Å². The second kappa shape index (κ2) is 4.17. The Labute approximate surface area is 88.4 Å². The minimum atomic E-state index is -0.405. The summed E-state index contributed by atoms with van der Waals surface area (Å²) in [5, 5.41) is 0. The minimum absolute atomic E-state index is 0.0382. The Balaban J connectivity index is 2.64. The molecule has 1 aliphatic rings. The van der Waals surface area contributed by atoms with Gasteiger partial charge in [-0.3, -0.25) is 0 Å². The molecule has 0 aromatic carbocycles. The van der Waals surface area contributed by atoms with Crippen LogP contribution in [0.4, 0.5) is 0 Å². The molecule has 1 heterocycles. The lowest BCUT2D eigenvalue weighted by atomic mass is 10.2. The van der Waals surface area contributed by atoms with E-state index in [0.29, 0.717) is 5.57 Å². The van der Waals surface area contributed by atoms with Crippen LogP contribution in [0.1, 0.15) is 20.8 Å². The second-order valence-corrected chi connectivity index (χ2v) is 5.83. The van der Waals surface area contributed by atoms with E-state index in [4.69, 9.17) is 4.74 Å². The van der Waals surface area contributed by atoms with Crippen molar-refractivity contribution in [2.75, 3.05) is 0 Å². The van der Waals surface area contributed by atoms with E-state index in [1.54, 1.807) is 0 Å². The van der Waals surface area contributed by atoms with Gasteiger partial charge in [-0.05, 0) is 41.0 Å². The van der Waals surface area contributed by atoms with Crippen molar-refractivity contribution in [3.63, 3.8) is 0 Å². The van der Waals surface area contributed by atoms with Gasteiger partial charge in [-0.15, -0.1) is 0 Å². The van der Waals surface area contributed by atoms with Crippen LogP contribution < -0.4 is 0 Å². The monoisotopic (exact) mass is 292 g/mol. The highest BCUT2D eigenvalue weighted by Crippen LogP contribution is 2.15. The van der Waals surface area contributed by atoms with Gasteiger partial charge >= 0.3 is 5.97 Å². The largest absolute Gasteiger partial charge is 0.456 e. The van der Waals surface area contributed by atoms with Gasteiger partial charge in [0.2, 0.25) is 0 Å². The van der Waals surface area contributed by atoms with E-state index in [1.807, 2.05) is 32.9 Å². The average Bonchev–Trinajstić information content (AvgIpc) is 2.03. The molecule has 0 spiro atoms. The average molecular weight is 292 g/mol. The molecule has 1 aliphatic heterocycles. The molecule has 0 radical (unpaired) electrons. The van der Waals surface area contributed by atoms with Gasteiger partial charge in [-0.25, -0.2) is 4.79 Å². The predicted molar refractivity (Wildman–Crippen MR) is 63.2 cm³/mol. The Morgan fingerprint density at radius 2 is 2.15 bits per heavy atom. The topological polar surface area (TPSA) is 26.3 Å². The van der Waals surface area contributed by atoms with Gasteiger partial charge < -0.3 is 4.74 Å². The molecule has 13 heavy (non-hydrogen) atoms. The second-order valence-electron chi connectivity index (χ2n) is 3.67.